The van der Waals surface area contributed by atoms with Crippen LogP contribution in [0.5, 0.6) is 0 Å². The molecule has 31 heavy (non-hydrogen) atoms. The minimum atomic E-state index is -0.512. The number of hydrogen-bond donors (Lipinski definition) is 1. The lowest BCUT2D eigenvalue weighted by molar-refractivity contribution is -0.173. The second-order valence-corrected chi connectivity index (χ2v) is 8.93. The van der Waals surface area contributed by atoms with Crippen molar-refractivity contribution >= 4 is 5.91 Å². The Bertz CT molecular complexity index is 871. The zero-order chi connectivity index (χ0) is 21.1. The molecule has 166 valence electrons. The third kappa shape index (κ3) is 4.51. The molecule has 8 nitrogen and oxygen atoms in total. The predicted molar refractivity (Wildman–Crippen MR) is 116 cm³/mol. The van der Waals surface area contributed by atoms with Gasteiger partial charge in [-0.3, -0.25) is 9.78 Å². The predicted octanol–water partition coefficient (Wildman–Crippen LogP) is 1.38. The van der Waals surface area contributed by atoms with Crippen LogP contribution in [0.4, 0.5) is 0 Å². The van der Waals surface area contributed by atoms with Gasteiger partial charge >= 0.3 is 0 Å². The Hall–Kier alpha value is -2.29. The Kier molecular flexibility index (Phi) is 6.02. The summed E-state index contributed by atoms with van der Waals surface area (Å²) in [5.41, 5.74) is 0.370. The van der Waals surface area contributed by atoms with Gasteiger partial charge in [-0.2, -0.15) is 0 Å². The lowest BCUT2D eigenvalue weighted by Crippen LogP contribution is -2.54. The van der Waals surface area contributed by atoms with Crippen molar-refractivity contribution in [3.8, 4) is 0 Å². The third-order valence-electron chi connectivity index (χ3n) is 6.91. The fourth-order valence-corrected chi connectivity index (χ4v) is 5.10. The quantitative estimate of drug-likeness (QED) is 0.755. The number of amides is 1. The normalized spacial score (nSPS) is 23.7. The molecule has 1 amide bonds. The number of carbonyl (C=O) groups excluding carboxylic acids is 1. The van der Waals surface area contributed by atoms with Gasteiger partial charge in [-0.05, 0) is 50.9 Å². The van der Waals surface area contributed by atoms with E-state index >= 15 is 0 Å². The molecule has 2 aromatic rings. The van der Waals surface area contributed by atoms with Gasteiger partial charge in [0, 0.05) is 44.8 Å². The number of rotatable bonds is 6. The molecule has 3 aliphatic heterocycles. The van der Waals surface area contributed by atoms with Crippen LogP contribution in [0.1, 0.15) is 37.2 Å². The summed E-state index contributed by atoms with van der Waals surface area (Å²) in [4.78, 5) is 26.9. The molecule has 2 fully saturated rings. The number of pyridine rings is 1. The number of fused-ring (bicyclic) bond motifs is 2. The summed E-state index contributed by atoms with van der Waals surface area (Å²) in [6, 6.07) is 5.71. The van der Waals surface area contributed by atoms with Crippen molar-refractivity contribution < 1.29 is 9.53 Å². The average Bonchev–Trinajstić information content (AvgIpc) is 3.50. The van der Waals surface area contributed by atoms with Crippen LogP contribution in [-0.2, 0) is 28.2 Å². The summed E-state index contributed by atoms with van der Waals surface area (Å²) in [7, 11) is 0. The lowest BCUT2D eigenvalue weighted by atomic mass is 9.88. The molecule has 5 heterocycles. The van der Waals surface area contributed by atoms with Crippen LogP contribution in [0.25, 0.3) is 0 Å². The van der Waals surface area contributed by atoms with Gasteiger partial charge < -0.3 is 24.4 Å². The van der Waals surface area contributed by atoms with Gasteiger partial charge in [-0.1, -0.05) is 6.07 Å². The zero-order valence-electron chi connectivity index (χ0n) is 18.1. The molecule has 0 aromatic carbocycles. The highest BCUT2D eigenvalue weighted by Gasteiger charge is 2.47. The second-order valence-electron chi connectivity index (χ2n) is 8.93. The van der Waals surface area contributed by atoms with Crippen LogP contribution in [0.15, 0.2) is 36.8 Å². The largest absolute Gasteiger partial charge is 0.352 e. The molecule has 0 saturated carbocycles. The Morgan fingerprint density at radius 2 is 1.84 bits per heavy atom. The number of likely N-dealkylation sites (tertiary alicyclic amines) is 2. The monoisotopic (exact) mass is 424 g/mol. The van der Waals surface area contributed by atoms with Crippen molar-refractivity contribution in [3.05, 3.63) is 48.3 Å². The Balaban J connectivity index is 1.21. The fourth-order valence-electron chi connectivity index (χ4n) is 5.10. The Labute approximate surface area is 183 Å². The number of nitrogens with zero attached hydrogens (tertiary/aromatic N) is 5. The summed E-state index contributed by atoms with van der Waals surface area (Å²) in [5.74, 6) is 0.890. The van der Waals surface area contributed by atoms with E-state index in [1.807, 2.05) is 30.6 Å². The van der Waals surface area contributed by atoms with Crippen molar-refractivity contribution in [2.24, 2.45) is 0 Å². The van der Waals surface area contributed by atoms with Crippen molar-refractivity contribution in [2.75, 3.05) is 39.3 Å². The van der Waals surface area contributed by atoms with Crippen LogP contribution >= 0.6 is 0 Å². The van der Waals surface area contributed by atoms with Gasteiger partial charge in [-0.15, -0.1) is 0 Å². The number of carbonyl (C=O) groups is 1. The molecular weight excluding hydrogens is 392 g/mol. The minimum absolute atomic E-state index is 0.0826. The number of aromatic nitrogens is 3. The molecule has 2 saturated heterocycles. The Morgan fingerprint density at radius 1 is 1.06 bits per heavy atom. The molecule has 1 unspecified atom stereocenters. The molecule has 0 radical (unpaired) electrons. The summed E-state index contributed by atoms with van der Waals surface area (Å²) in [5, 5.41) is 3.00. The smallest absolute Gasteiger partial charge is 0.251 e. The van der Waals surface area contributed by atoms with E-state index in [-0.39, 0.29) is 5.91 Å². The van der Waals surface area contributed by atoms with Gasteiger partial charge in [0.05, 0.1) is 18.8 Å². The number of ether oxygens (including phenoxy) is 1. The molecule has 1 N–H and O–H groups in total. The van der Waals surface area contributed by atoms with E-state index in [1.165, 1.54) is 25.9 Å². The third-order valence-corrected chi connectivity index (χ3v) is 6.91. The van der Waals surface area contributed by atoms with E-state index < -0.39 is 11.7 Å². The topological polar surface area (TPSA) is 75.5 Å². The first-order valence-electron chi connectivity index (χ1n) is 11.5. The maximum atomic E-state index is 12.9. The average molecular weight is 425 g/mol. The molecular formula is C23H32N6O2. The van der Waals surface area contributed by atoms with Crippen LogP contribution in [0, 0.1) is 0 Å². The van der Waals surface area contributed by atoms with Gasteiger partial charge in [0.25, 0.3) is 5.91 Å². The van der Waals surface area contributed by atoms with Crippen LogP contribution < -0.4 is 5.32 Å². The summed E-state index contributed by atoms with van der Waals surface area (Å²) < 4.78 is 8.63. The van der Waals surface area contributed by atoms with Crippen molar-refractivity contribution in [3.63, 3.8) is 0 Å². The van der Waals surface area contributed by atoms with E-state index in [1.54, 1.807) is 6.20 Å². The molecule has 0 bridgehead atoms. The standard InChI is InChI=1S/C23H32N6O2/c30-21(26-17-19-5-1-2-8-24-19)20-18-29-14-9-25-22(29)23(31-20)6-12-28(13-7-23)16-15-27-10-3-4-11-27/h1-2,5,8-9,14,20H,3-4,6-7,10-13,15-18H2,(H,26,30). The van der Waals surface area contributed by atoms with E-state index in [0.717, 1.165) is 50.5 Å². The van der Waals surface area contributed by atoms with Crippen LogP contribution in [-0.4, -0.2) is 75.6 Å². The molecule has 3 aliphatic rings. The second kappa shape index (κ2) is 9.06. The molecule has 0 aliphatic carbocycles. The lowest BCUT2D eigenvalue weighted by Gasteiger charge is -2.45. The Morgan fingerprint density at radius 3 is 2.58 bits per heavy atom. The SMILES string of the molecule is O=C(NCc1ccccn1)C1Cn2ccnc2C2(CCN(CCN3CCCC3)CC2)O1. The van der Waals surface area contributed by atoms with E-state index in [9.17, 15) is 4.79 Å². The maximum absolute atomic E-state index is 12.9. The summed E-state index contributed by atoms with van der Waals surface area (Å²) >= 11 is 0. The van der Waals surface area contributed by atoms with E-state index in [0.29, 0.717) is 13.1 Å². The first kappa shape index (κ1) is 20.6. The summed E-state index contributed by atoms with van der Waals surface area (Å²) in [6.45, 7) is 7.62. The number of imidazole rings is 1. The van der Waals surface area contributed by atoms with Gasteiger partial charge in [0.15, 0.2) is 6.10 Å². The maximum Gasteiger partial charge on any atom is 0.251 e. The molecule has 1 atom stereocenters. The first-order valence-corrected chi connectivity index (χ1v) is 11.5. The molecule has 1 spiro atoms. The van der Waals surface area contributed by atoms with Gasteiger partial charge in [-0.25, -0.2) is 4.98 Å². The minimum Gasteiger partial charge on any atom is -0.352 e. The summed E-state index contributed by atoms with van der Waals surface area (Å²) in [6.07, 6.45) is 9.44. The van der Waals surface area contributed by atoms with Gasteiger partial charge in [0.1, 0.15) is 11.4 Å². The highest BCUT2D eigenvalue weighted by atomic mass is 16.5. The highest BCUT2D eigenvalue weighted by molar-refractivity contribution is 5.80. The molecule has 5 rings (SSSR count). The molecule has 2 aromatic heterocycles. The van der Waals surface area contributed by atoms with Gasteiger partial charge in [0.2, 0.25) is 0 Å². The van der Waals surface area contributed by atoms with Crippen LogP contribution in [0.3, 0.4) is 0 Å². The fraction of sp³-hybridized carbons (Fsp3) is 0.609. The van der Waals surface area contributed by atoms with Crippen molar-refractivity contribution in [1.82, 2.24) is 29.7 Å². The number of piperidine rings is 1. The zero-order valence-corrected chi connectivity index (χ0v) is 18.1. The highest BCUT2D eigenvalue weighted by Crippen LogP contribution is 2.40. The van der Waals surface area contributed by atoms with E-state index in [4.69, 9.17) is 4.74 Å². The van der Waals surface area contributed by atoms with Crippen LogP contribution in [0.2, 0.25) is 0 Å². The first-order chi connectivity index (χ1) is 15.2. The van der Waals surface area contributed by atoms with Crippen molar-refractivity contribution in [2.45, 2.75) is 50.5 Å². The number of hydrogen-bond acceptors (Lipinski definition) is 6. The van der Waals surface area contributed by atoms with Crippen molar-refractivity contribution in [1.29, 1.82) is 0 Å². The van der Waals surface area contributed by atoms with E-state index in [2.05, 4.69) is 29.7 Å². The molecule has 8 heteroatoms. The number of nitrogens with one attached hydrogen (secondary N) is 1.